The first kappa shape index (κ1) is 18.5. The molecular formula is C18H18ClNO5S. The molecule has 0 atom stereocenters. The predicted molar refractivity (Wildman–Crippen MR) is 99.6 cm³/mol. The largest absolute Gasteiger partial charge is 0.488 e. The van der Waals surface area contributed by atoms with E-state index in [2.05, 4.69) is 0 Å². The van der Waals surface area contributed by atoms with Gasteiger partial charge < -0.3 is 9.47 Å². The lowest BCUT2D eigenvalue weighted by molar-refractivity contribution is 0.0450. The zero-order valence-corrected chi connectivity index (χ0v) is 15.7. The van der Waals surface area contributed by atoms with Gasteiger partial charge in [0.25, 0.3) is 0 Å². The molecule has 0 fully saturated rings. The number of sulfonamides is 1. The molecule has 0 saturated heterocycles. The first-order valence-corrected chi connectivity index (χ1v) is 10.2. The number of hydrogen-bond acceptors (Lipinski definition) is 5. The van der Waals surface area contributed by atoms with Gasteiger partial charge in [0.05, 0.1) is 22.5 Å². The number of anilines is 1. The first-order valence-electron chi connectivity index (χ1n) is 8.01. The Bertz CT molecular complexity index is 929. The Kier molecular flexibility index (Phi) is 5.38. The van der Waals surface area contributed by atoms with Crippen molar-refractivity contribution >= 4 is 33.3 Å². The van der Waals surface area contributed by atoms with Crippen molar-refractivity contribution in [3.8, 4) is 5.75 Å². The lowest BCUT2D eigenvalue weighted by atomic mass is 10.1. The predicted octanol–water partition coefficient (Wildman–Crippen LogP) is 2.90. The molecule has 0 bridgehead atoms. The van der Waals surface area contributed by atoms with Crippen LogP contribution in [0.4, 0.5) is 5.69 Å². The van der Waals surface area contributed by atoms with Gasteiger partial charge in [-0.25, -0.2) is 13.2 Å². The van der Waals surface area contributed by atoms with E-state index in [4.69, 9.17) is 21.1 Å². The number of esters is 1. The highest BCUT2D eigenvalue weighted by atomic mass is 35.5. The third kappa shape index (κ3) is 4.11. The van der Waals surface area contributed by atoms with Gasteiger partial charge in [-0.15, -0.1) is 0 Å². The van der Waals surface area contributed by atoms with Gasteiger partial charge in [0.1, 0.15) is 19.0 Å². The molecule has 3 rings (SSSR count). The van der Waals surface area contributed by atoms with E-state index in [1.807, 2.05) is 0 Å². The summed E-state index contributed by atoms with van der Waals surface area (Å²) in [5.41, 5.74) is 1.82. The summed E-state index contributed by atoms with van der Waals surface area (Å²) in [6.07, 6.45) is 1.74. The molecule has 0 saturated carbocycles. The summed E-state index contributed by atoms with van der Waals surface area (Å²) in [5, 5.41) is 0.493. The van der Waals surface area contributed by atoms with Crippen LogP contribution in [0.3, 0.4) is 0 Å². The Balaban J connectivity index is 1.57. The van der Waals surface area contributed by atoms with Gasteiger partial charge in [0, 0.05) is 6.54 Å². The third-order valence-corrected chi connectivity index (χ3v) is 5.47. The Morgan fingerprint density at radius 2 is 1.96 bits per heavy atom. The Labute approximate surface area is 157 Å². The van der Waals surface area contributed by atoms with E-state index in [1.165, 1.54) is 10.6 Å². The van der Waals surface area contributed by atoms with Gasteiger partial charge >= 0.3 is 5.97 Å². The summed E-state index contributed by atoms with van der Waals surface area (Å²) < 4.78 is 35.5. The highest BCUT2D eigenvalue weighted by Gasteiger charge is 2.26. The molecule has 0 aliphatic carbocycles. The topological polar surface area (TPSA) is 72.9 Å². The second-order valence-electron chi connectivity index (χ2n) is 5.84. The summed E-state index contributed by atoms with van der Waals surface area (Å²) in [6, 6.07) is 11.9. The number of ether oxygens (including phenoxy) is 2. The van der Waals surface area contributed by atoms with Crippen molar-refractivity contribution in [3.05, 3.63) is 58.6 Å². The fourth-order valence-electron chi connectivity index (χ4n) is 2.77. The van der Waals surface area contributed by atoms with E-state index >= 15 is 0 Å². The molecule has 0 spiro atoms. The van der Waals surface area contributed by atoms with Crippen LogP contribution < -0.4 is 9.04 Å². The summed E-state index contributed by atoms with van der Waals surface area (Å²) in [6.45, 7) is 0.650. The van der Waals surface area contributed by atoms with Crippen molar-refractivity contribution in [2.45, 2.75) is 6.42 Å². The lowest BCUT2D eigenvalue weighted by Gasteiger charge is -2.16. The smallest absolute Gasteiger partial charge is 0.338 e. The van der Waals surface area contributed by atoms with Crippen LogP contribution in [0.1, 0.15) is 15.9 Å². The Morgan fingerprint density at radius 1 is 1.19 bits per heavy atom. The molecule has 0 radical (unpaired) electrons. The van der Waals surface area contributed by atoms with E-state index in [-0.39, 0.29) is 13.2 Å². The molecular weight excluding hydrogens is 378 g/mol. The van der Waals surface area contributed by atoms with E-state index in [9.17, 15) is 13.2 Å². The van der Waals surface area contributed by atoms with Crippen molar-refractivity contribution < 1.29 is 22.7 Å². The lowest BCUT2D eigenvalue weighted by Crippen LogP contribution is -2.27. The number of carbonyl (C=O) groups excluding carboxylic acids is 1. The number of fused-ring (bicyclic) bond motifs is 1. The molecule has 138 valence electrons. The van der Waals surface area contributed by atoms with Crippen LogP contribution in [-0.2, 0) is 21.2 Å². The van der Waals surface area contributed by atoms with Gasteiger partial charge in [-0.2, -0.15) is 0 Å². The highest BCUT2D eigenvalue weighted by Crippen LogP contribution is 2.30. The quantitative estimate of drug-likeness (QED) is 0.555. The Morgan fingerprint density at radius 3 is 2.69 bits per heavy atom. The molecule has 1 aliphatic rings. The second-order valence-corrected chi connectivity index (χ2v) is 8.16. The molecule has 6 nitrogen and oxygen atoms in total. The maximum absolute atomic E-state index is 12.2. The number of carbonyl (C=O) groups is 1. The van der Waals surface area contributed by atoms with Crippen LogP contribution in [0.5, 0.6) is 5.75 Å². The van der Waals surface area contributed by atoms with Gasteiger partial charge in [-0.1, -0.05) is 23.7 Å². The molecule has 0 N–H and O–H groups in total. The summed E-state index contributed by atoms with van der Waals surface area (Å²) in [5.74, 6) is 0.0528. The van der Waals surface area contributed by atoms with Crippen LogP contribution in [0.15, 0.2) is 42.5 Å². The average molecular weight is 396 g/mol. The SMILES string of the molecule is CS(=O)(=O)N1CCc2cc(C(=O)OCCOc3ccccc3Cl)ccc21. The molecule has 2 aromatic carbocycles. The number of benzene rings is 2. The summed E-state index contributed by atoms with van der Waals surface area (Å²) in [4.78, 5) is 12.2. The number of nitrogens with zero attached hydrogens (tertiary/aromatic N) is 1. The van der Waals surface area contributed by atoms with E-state index < -0.39 is 16.0 Å². The maximum atomic E-state index is 12.2. The summed E-state index contributed by atoms with van der Waals surface area (Å²) >= 11 is 5.98. The van der Waals surface area contributed by atoms with Gasteiger partial charge in [0.2, 0.25) is 10.0 Å². The highest BCUT2D eigenvalue weighted by molar-refractivity contribution is 7.92. The van der Waals surface area contributed by atoms with E-state index in [0.29, 0.717) is 35.0 Å². The molecule has 0 amide bonds. The van der Waals surface area contributed by atoms with Gasteiger partial charge in [0.15, 0.2) is 0 Å². The molecule has 1 heterocycles. The minimum atomic E-state index is -3.31. The molecule has 0 aromatic heterocycles. The number of rotatable bonds is 6. The zero-order chi connectivity index (χ0) is 18.7. The number of hydrogen-bond donors (Lipinski definition) is 0. The molecule has 1 aliphatic heterocycles. The second kappa shape index (κ2) is 7.55. The number of para-hydroxylation sites is 1. The number of halogens is 1. The van der Waals surface area contributed by atoms with Crippen molar-refractivity contribution in [1.29, 1.82) is 0 Å². The average Bonchev–Trinajstić information content (AvgIpc) is 3.03. The van der Waals surface area contributed by atoms with Crippen LogP contribution >= 0.6 is 11.6 Å². The first-order chi connectivity index (χ1) is 12.4. The standard InChI is InChI=1S/C18H18ClNO5S/c1-26(22,23)20-9-8-13-12-14(6-7-16(13)20)18(21)25-11-10-24-17-5-3-2-4-15(17)19/h2-7,12H,8-11H2,1H3. The monoisotopic (exact) mass is 395 g/mol. The van der Waals surface area contributed by atoms with E-state index in [0.717, 1.165) is 5.56 Å². The van der Waals surface area contributed by atoms with Crippen molar-refractivity contribution in [2.75, 3.05) is 30.3 Å². The van der Waals surface area contributed by atoms with Crippen molar-refractivity contribution in [1.82, 2.24) is 0 Å². The van der Waals surface area contributed by atoms with Crippen LogP contribution in [0, 0.1) is 0 Å². The van der Waals surface area contributed by atoms with Crippen LogP contribution in [0.25, 0.3) is 0 Å². The maximum Gasteiger partial charge on any atom is 0.338 e. The molecule has 2 aromatic rings. The van der Waals surface area contributed by atoms with Crippen molar-refractivity contribution in [3.63, 3.8) is 0 Å². The fourth-order valence-corrected chi connectivity index (χ4v) is 3.92. The van der Waals surface area contributed by atoms with Gasteiger partial charge in [-0.3, -0.25) is 4.31 Å². The minimum absolute atomic E-state index is 0.0800. The van der Waals surface area contributed by atoms with Crippen LogP contribution in [-0.4, -0.2) is 40.4 Å². The van der Waals surface area contributed by atoms with Crippen LogP contribution in [0.2, 0.25) is 5.02 Å². The zero-order valence-electron chi connectivity index (χ0n) is 14.1. The normalized spacial score (nSPS) is 13.4. The molecule has 26 heavy (non-hydrogen) atoms. The molecule has 8 heteroatoms. The Hall–Kier alpha value is -2.25. The third-order valence-electron chi connectivity index (χ3n) is 3.98. The summed E-state index contributed by atoms with van der Waals surface area (Å²) in [7, 11) is -3.31. The molecule has 0 unspecified atom stereocenters. The minimum Gasteiger partial charge on any atom is -0.488 e. The van der Waals surface area contributed by atoms with Crippen molar-refractivity contribution in [2.24, 2.45) is 0 Å². The van der Waals surface area contributed by atoms with E-state index in [1.54, 1.807) is 42.5 Å². The van der Waals surface area contributed by atoms with Gasteiger partial charge in [-0.05, 0) is 42.3 Å². The fraction of sp³-hybridized carbons (Fsp3) is 0.278.